The van der Waals surface area contributed by atoms with Crippen molar-refractivity contribution in [2.75, 3.05) is 24.5 Å². The van der Waals surface area contributed by atoms with Crippen molar-refractivity contribution in [3.05, 3.63) is 24.5 Å². The van der Waals surface area contributed by atoms with Gasteiger partial charge in [0.2, 0.25) is 5.95 Å². The predicted molar refractivity (Wildman–Crippen MR) is 75.8 cm³/mol. The van der Waals surface area contributed by atoms with Crippen LogP contribution < -0.4 is 10.6 Å². The van der Waals surface area contributed by atoms with Crippen LogP contribution in [-0.2, 0) is 13.0 Å². The lowest BCUT2D eigenvalue weighted by molar-refractivity contribution is 0.409. The molecule has 0 saturated carbocycles. The number of anilines is 1. The third kappa shape index (κ3) is 2.75. The van der Waals surface area contributed by atoms with Crippen molar-refractivity contribution in [2.24, 2.45) is 11.7 Å². The van der Waals surface area contributed by atoms with Gasteiger partial charge in [-0.25, -0.2) is 4.98 Å². The number of hydrogen-bond donors (Lipinski definition) is 1. The highest BCUT2D eigenvalue weighted by Crippen LogP contribution is 2.22. The van der Waals surface area contributed by atoms with Crippen LogP contribution in [0.1, 0.15) is 25.5 Å². The molecule has 0 aromatic carbocycles. The molecule has 100 valence electrons. The summed E-state index contributed by atoms with van der Waals surface area (Å²) in [5, 5.41) is 0. The molecule has 0 amide bonds. The van der Waals surface area contributed by atoms with Gasteiger partial charge in [-0.3, -0.25) is 0 Å². The molecule has 1 aliphatic rings. The van der Waals surface area contributed by atoms with Crippen LogP contribution >= 0.6 is 0 Å². The summed E-state index contributed by atoms with van der Waals surface area (Å²) in [6, 6.07) is 0. The minimum atomic E-state index is 0.690. The van der Waals surface area contributed by atoms with Gasteiger partial charge in [-0.2, -0.15) is 0 Å². The molecule has 1 saturated heterocycles. The fourth-order valence-corrected chi connectivity index (χ4v) is 2.52. The summed E-state index contributed by atoms with van der Waals surface area (Å²) >= 11 is 0. The Hall–Kier alpha value is -1.29. The summed E-state index contributed by atoms with van der Waals surface area (Å²) in [7, 11) is 0. The lowest BCUT2D eigenvalue weighted by Gasteiger charge is -2.32. The highest BCUT2D eigenvalue weighted by atomic mass is 15.3. The number of piperidine rings is 1. The summed E-state index contributed by atoms with van der Waals surface area (Å²) in [6.07, 6.45) is 7.41. The largest absolute Gasteiger partial charge is 0.342 e. The van der Waals surface area contributed by atoms with Crippen LogP contribution in [0.3, 0.4) is 0 Å². The Kier molecular flexibility index (Phi) is 4.42. The van der Waals surface area contributed by atoms with Gasteiger partial charge in [0, 0.05) is 25.8 Å². The Morgan fingerprint density at radius 1 is 1.50 bits per heavy atom. The third-order valence-electron chi connectivity index (χ3n) is 3.72. The monoisotopic (exact) mass is 248 g/mol. The predicted octanol–water partition coefficient (Wildman–Crippen LogP) is 1.81. The number of allylic oxidation sites excluding steroid dienone is 1. The van der Waals surface area contributed by atoms with E-state index in [2.05, 4.69) is 29.2 Å². The van der Waals surface area contributed by atoms with Crippen molar-refractivity contribution in [3.63, 3.8) is 0 Å². The highest BCUT2D eigenvalue weighted by Gasteiger charge is 2.21. The maximum Gasteiger partial charge on any atom is 0.206 e. The molecule has 4 heteroatoms. The van der Waals surface area contributed by atoms with E-state index in [1.54, 1.807) is 0 Å². The van der Waals surface area contributed by atoms with Gasteiger partial charge >= 0.3 is 0 Å². The minimum absolute atomic E-state index is 0.690. The number of imidazole rings is 1. The Labute approximate surface area is 109 Å². The molecule has 2 heterocycles. The first-order valence-electron chi connectivity index (χ1n) is 6.90. The molecule has 1 fully saturated rings. The second-order valence-corrected chi connectivity index (χ2v) is 4.99. The lowest BCUT2D eigenvalue weighted by Crippen LogP contribution is -2.37. The molecule has 0 unspecified atom stereocenters. The van der Waals surface area contributed by atoms with Gasteiger partial charge in [-0.15, -0.1) is 6.58 Å². The van der Waals surface area contributed by atoms with Crippen LogP contribution in [0.5, 0.6) is 0 Å². The number of hydrogen-bond acceptors (Lipinski definition) is 3. The van der Waals surface area contributed by atoms with Crippen LogP contribution in [0, 0.1) is 5.92 Å². The molecule has 2 rings (SSSR count). The van der Waals surface area contributed by atoms with E-state index in [9.17, 15) is 0 Å². The van der Waals surface area contributed by atoms with E-state index in [4.69, 9.17) is 10.7 Å². The Bertz CT molecular complexity index is 388. The van der Waals surface area contributed by atoms with Crippen molar-refractivity contribution in [1.82, 2.24) is 9.55 Å². The fraction of sp³-hybridized carbons (Fsp3) is 0.643. The molecule has 2 N–H and O–H groups in total. The van der Waals surface area contributed by atoms with Crippen molar-refractivity contribution < 1.29 is 0 Å². The van der Waals surface area contributed by atoms with Gasteiger partial charge in [0.15, 0.2) is 0 Å². The molecule has 18 heavy (non-hydrogen) atoms. The van der Waals surface area contributed by atoms with Gasteiger partial charge in [0.1, 0.15) is 0 Å². The van der Waals surface area contributed by atoms with Crippen LogP contribution in [0.2, 0.25) is 0 Å². The summed E-state index contributed by atoms with van der Waals surface area (Å²) in [6.45, 7) is 9.75. The molecule has 0 radical (unpaired) electrons. The van der Waals surface area contributed by atoms with Gasteiger partial charge in [-0.05, 0) is 31.7 Å². The van der Waals surface area contributed by atoms with Crippen molar-refractivity contribution >= 4 is 5.95 Å². The van der Waals surface area contributed by atoms with Crippen molar-refractivity contribution in [1.29, 1.82) is 0 Å². The molecule has 1 aromatic rings. The normalized spacial score (nSPS) is 17.1. The van der Waals surface area contributed by atoms with Crippen LogP contribution in [0.15, 0.2) is 18.9 Å². The third-order valence-corrected chi connectivity index (χ3v) is 3.72. The van der Waals surface area contributed by atoms with Crippen molar-refractivity contribution in [3.8, 4) is 0 Å². The maximum absolute atomic E-state index is 5.74. The average Bonchev–Trinajstić information content (AvgIpc) is 2.82. The Morgan fingerprint density at radius 3 is 2.78 bits per heavy atom. The molecule has 0 bridgehead atoms. The second-order valence-electron chi connectivity index (χ2n) is 4.99. The summed E-state index contributed by atoms with van der Waals surface area (Å²) in [5.74, 6) is 1.79. The quantitative estimate of drug-likeness (QED) is 0.808. The SMILES string of the molecule is C=CCn1cc(CC)nc1N1CCC(CN)CC1. The van der Waals surface area contributed by atoms with Crippen LogP contribution in [-0.4, -0.2) is 29.2 Å². The van der Waals surface area contributed by atoms with Crippen LogP contribution in [0.25, 0.3) is 0 Å². The Morgan fingerprint density at radius 2 is 2.22 bits per heavy atom. The zero-order valence-electron chi connectivity index (χ0n) is 11.3. The molecule has 4 nitrogen and oxygen atoms in total. The standard InChI is InChI=1S/C14H24N4/c1-3-7-18-11-13(4-2)16-14(18)17-8-5-12(10-15)6-9-17/h3,11-12H,1,4-10,15H2,2H3. The summed E-state index contributed by atoms with van der Waals surface area (Å²) < 4.78 is 2.20. The topological polar surface area (TPSA) is 47.1 Å². The number of nitrogens with two attached hydrogens (primary N) is 1. The van der Waals surface area contributed by atoms with E-state index in [1.807, 2.05) is 6.08 Å². The molecule has 0 spiro atoms. The van der Waals surface area contributed by atoms with Gasteiger partial charge in [0.05, 0.1) is 5.69 Å². The molecular formula is C14H24N4. The average molecular weight is 248 g/mol. The minimum Gasteiger partial charge on any atom is -0.342 e. The summed E-state index contributed by atoms with van der Waals surface area (Å²) in [5.41, 5.74) is 6.90. The van der Waals surface area contributed by atoms with E-state index in [0.717, 1.165) is 44.2 Å². The number of aromatic nitrogens is 2. The van der Waals surface area contributed by atoms with Gasteiger partial charge in [-0.1, -0.05) is 13.0 Å². The van der Waals surface area contributed by atoms with Gasteiger partial charge < -0.3 is 15.2 Å². The summed E-state index contributed by atoms with van der Waals surface area (Å²) in [4.78, 5) is 7.12. The highest BCUT2D eigenvalue weighted by molar-refractivity contribution is 5.34. The molecule has 0 atom stereocenters. The smallest absolute Gasteiger partial charge is 0.206 e. The first-order chi connectivity index (χ1) is 8.78. The van der Waals surface area contributed by atoms with E-state index >= 15 is 0 Å². The fourth-order valence-electron chi connectivity index (χ4n) is 2.52. The second kappa shape index (κ2) is 6.05. The van der Waals surface area contributed by atoms with E-state index in [-0.39, 0.29) is 0 Å². The number of rotatable bonds is 5. The zero-order valence-corrected chi connectivity index (χ0v) is 11.3. The first-order valence-corrected chi connectivity index (χ1v) is 6.90. The number of aryl methyl sites for hydroxylation is 1. The number of nitrogens with zero attached hydrogens (tertiary/aromatic N) is 3. The van der Waals surface area contributed by atoms with E-state index < -0.39 is 0 Å². The van der Waals surface area contributed by atoms with E-state index in [0.29, 0.717) is 5.92 Å². The van der Waals surface area contributed by atoms with Gasteiger partial charge in [0.25, 0.3) is 0 Å². The molecular weight excluding hydrogens is 224 g/mol. The molecule has 1 aliphatic heterocycles. The lowest BCUT2D eigenvalue weighted by atomic mass is 9.97. The maximum atomic E-state index is 5.74. The zero-order chi connectivity index (χ0) is 13.0. The molecule has 0 aliphatic carbocycles. The first kappa shape index (κ1) is 13.1. The van der Waals surface area contributed by atoms with E-state index in [1.165, 1.54) is 12.8 Å². The van der Waals surface area contributed by atoms with Crippen molar-refractivity contribution in [2.45, 2.75) is 32.7 Å². The Balaban J connectivity index is 2.12. The van der Waals surface area contributed by atoms with Crippen LogP contribution in [0.4, 0.5) is 5.95 Å². The molecule has 1 aromatic heterocycles.